The molecule has 0 aliphatic carbocycles. The summed E-state index contributed by atoms with van der Waals surface area (Å²) in [5.74, 6) is 0. The zero-order valence-electron chi connectivity index (χ0n) is 13.4. The topological polar surface area (TPSA) is 42.5 Å². The van der Waals surface area contributed by atoms with Gasteiger partial charge in [-0.25, -0.2) is 0 Å². The second-order valence-corrected chi connectivity index (χ2v) is 6.40. The summed E-state index contributed by atoms with van der Waals surface area (Å²) in [6.07, 6.45) is -0.0293. The first-order valence-corrected chi connectivity index (χ1v) is 8.55. The molecule has 0 aromatic heterocycles. The first-order valence-electron chi connectivity index (χ1n) is 8.55. The minimum Gasteiger partial charge on any atom is -0.358 e. The lowest BCUT2D eigenvalue weighted by Gasteiger charge is -2.17. The Kier molecular flexibility index (Phi) is 3.49. The standard InChI is InChI=1S/C20H20N2O2/c1-3-13-11-14-4-2-6-16(20-22-8-10-24-20)18(14)12-17(13)15(5-1)19-21-7-9-23-19/h1-6,11-12,19-22H,7-10H2. The maximum absolute atomic E-state index is 5.84. The van der Waals surface area contributed by atoms with Crippen molar-refractivity contribution in [3.05, 3.63) is 59.7 Å². The summed E-state index contributed by atoms with van der Waals surface area (Å²) in [7, 11) is 0. The summed E-state index contributed by atoms with van der Waals surface area (Å²) in [5.41, 5.74) is 2.42. The van der Waals surface area contributed by atoms with Crippen molar-refractivity contribution in [2.24, 2.45) is 0 Å². The summed E-state index contributed by atoms with van der Waals surface area (Å²) in [6, 6.07) is 17.4. The third-order valence-electron chi connectivity index (χ3n) is 4.94. The molecule has 24 heavy (non-hydrogen) atoms. The van der Waals surface area contributed by atoms with E-state index in [1.165, 1.54) is 32.7 Å². The van der Waals surface area contributed by atoms with Gasteiger partial charge in [-0.3, -0.25) is 10.6 Å². The zero-order valence-corrected chi connectivity index (χ0v) is 13.4. The lowest BCUT2D eigenvalue weighted by Crippen LogP contribution is -2.15. The third-order valence-corrected chi connectivity index (χ3v) is 4.94. The van der Waals surface area contributed by atoms with Crippen LogP contribution in [0.2, 0.25) is 0 Å². The normalized spacial score (nSPS) is 24.2. The van der Waals surface area contributed by atoms with Gasteiger partial charge in [0.2, 0.25) is 0 Å². The van der Waals surface area contributed by atoms with Gasteiger partial charge in [0.15, 0.2) is 0 Å². The van der Waals surface area contributed by atoms with Gasteiger partial charge in [-0.05, 0) is 33.7 Å². The first kappa shape index (κ1) is 14.4. The molecule has 4 heteroatoms. The molecule has 0 saturated carbocycles. The highest BCUT2D eigenvalue weighted by Gasteiger charge is 2.21. The van der Waals surface area contributed by atoms with E-state index in [1.807, 2.05) is 0 Å². The molecule has 2 saturated heterocycles. The number of hydrogen-bond acceptors (Lipinski definition) is 4. The Labute approximate surface area is 140 Å². The van der Waals surface area contributed by atoms with Gasteiger partial charge in [-0.15, -0.1) is 0 Å². The van der Waals surface area contributed by atoms with Gasteiger partial charge < -0.3 is 9.47 Å². The molecule has 2 heterocycles. The number of benzene rings is 3. The Hall–Kier alpha value is -1.98. The van der Waals surface area contributed by atoms with Crippen LogP contribution in [-0.2, 0) is 9.47 Å². The summed E-state index contributed by atoms with van der Waals surface area (Å²) in [6.45, 7) is 3.33. The second kappa shape index (κ2) is 5.83. The van der Waals surface area contributed by atoms with Crippen molar-refractivity contribution in [2.75, 3.05) is 26.3 Å². The molecule has 2 fully saturated rings. The van der Waals surface area contributed by atoms with E-state index >= 15 is 0 Å². The number of ether oxygens (including phenoxy) is 2. The molecule has 0 amide bonds. The van der Waals surface area contributed by atoms with E-state index < -0.39 is 0 Å². The molecule has 0 spiro atoms. The quantitative estimate of drug-likeness (QED) is 0.712. The fourth-order valence-electron chi connectivity index (χ4n) is 3.81. The predicted molar refractivity (Wildman–Crippen MR) is 94.8 cm³/mol. The molecule has 2 atom stereocenters. The second-order valence-electron chi connectivity index (χ2n) is 6.40. The van der Waals surface area contributed by atoms with E-state index in [0.717, 1.165) is 26.3 Å². The number of rotatable bonds is 2. The maximum Gasteiger partial charge on any atom is 0.135 e. The lowest BCUT2D eigenvalue weighted by atomic mass is 9.96. The lowest BCUT2D eigenvalue weighted by molar-refractivity contribution is 0.103. The molecule has 2 aliphatic heterocycles. The molecule has 122 valence electrons. The zero-order chi connectivity index (χ0) is 15.9. The van der Waals surface area contributed by atoms with E-state index in [4.69, 9.17) is 9.47 Å². The molecule has 3 aromatic rings. The van der Waals surface area contributed by atoms with Crippen LogP contribution in [0, 0.1) is 0 Å². The molecule has 3 aromatic carbocycles. The molecular weight excluding hydrogens is 300 g/mol. The van der Waals surface area contributed by atoms with Gasteiger partial charge >= 0.3 is 0 Å². The van der Waals surface area contributed by atoms with E-state index in [1.54, 1.807) is 0 Å². The largest absolute Gasteiger partial charge is 0.358 e. The Morgan fingerprint density at radius 3 is 1.71 bits per heavy atom. The summed E-state index contributed by atoms with van der Waals surface area (Å²) in [4.78, 5) is 0. The van der Waals surface area contributed by atoms with Crippen molar-refractivity contribution in [3.8, 4) is 0 Å². The van der Waals surface area contributed by atoms with Crippen LogP contribution in [-0.4, -0.2) is 26.3 Å². The molecule has 0 bridgehead atoms. The Bertz CT molecular complexity index is 826. The molecule has 2 aliphatic rings. The maximum atomic E-state index is 5.84. The fraction of sp³-hybridized carbons (Fsp3) is 0.300. The van der Waals surface area contributed by atoms with E-state index in [0.29, 0.717) is 0 Å². The number of nitrogens with one attached hydrogen (secondary N) is 2. The predicted octanol–water partition coefficient (Wildman–Crippen LogP) is 3.23. The van der Waals surface area contributed by atoms with Gasteiger partial charge in [0.25, 0.3) is 0 Å². The highest BCUT2D eigenvalue weighted by Crippen LogP contribution is 2.34. The van der Waals surface area contributed by atoms with Gasteiger partial charge in [-0.1, -0.05) is 36.4 Å². The first-order chi connectivity index (χ1) is 11.9. The van der Waals surface area contributed by atoms with E-state index in [-0.39, 0.29) is 12.5 Å². The van der Waals surface area contributed by atoms with Crippen molar-refractivity contribution in [1.29, 1.82) is 0 Å². The highest BCUT2D eigenvalue weighted by atomic mass is 16.5. The van der Waals surface area contributed by atoms with Crippen molar-refractivity contribution < 1.29 is 9.47 Å². The molecule has 2 unspecified atom stereocenters. The summed E-state index contributed by atoms with van der Waals surface area (Å²) in [5, 5.41) is 11.8. The number of hydrogen-bond donors (Lipinski definition) is 2. The Morgan fingerprint density at radius 1 is 0.708 bits per heavy atom. The molecular formula is C20H20N2O2. The van der Waals surface area contributed by atoms with Crippen LogP contribution in [0.25, 0.3) is 21.5 Å². The van der Waals surface area contributed by atoms with Crippen molar-refractivity contribution in [2.45, 2.75) is 12.5 Å². The minimum absolute atomic E-state index is 0.0147. The van der Waals surface area contributed by atoms with Crippen LogP contribution in [0.4, 0.5) is 0 Å². The molecule has 0 radical (unpaired) electrons. The van der Waals surface area contributed by atoms with Crippen LogP contribution in [0.1, 0.15) is 23.6 Å². The van der Waals surface area contributed by atoms with Gasteiger partial charge in [-0.2, -0.15) is 0 Å². The highest BCUT2D eigenvalue weighted by molar-refractivity contribution is 6.01. The van der Waals surface area contributed by atoms with Crippen LogP contribution < -0.4 is 10.6 Å². The summed E-state index contributed by atoms with van der Waals surface area (Å²) < 4.78 is 11.7. The monoisotopic (exact) mass is 320 g/mol. The van der Waals surface area contributed by atoms with Gasteiger partial charge in [0, 0.05) is 24.2 Å². The summed E-state index contributed by atoms with van der Waals surface area (Å²) >= 11 is 0. The molecule has 4 nitrogen and oxygen atoms in total. The van der Waals surface area contributed by atoms with Crippen LogP contribution >= 0.6 is 0 Å². The fourth-order valence-corrected chi connectivity index (χ4v) is 3.81. The molecule has 5 rings (SSSR count). The third kappa shape index (κ3) is 2.31. The average Bonchev–Trinajstić information content (AvgIpc) is 3.32. The van der Waals surface area contributed by atoms with Crippen LogP contribution in [0.3, 0.4) is 0 Å². The van der Waals surface area contributed by atoms with Crippen LogP contribution in [0.5, 0.6) is 0 Å². The Balaban J connectivity index is 1.74. The van der Waals surface area contributed by atoms with Gasteiger partial charge in [0.05, 0.1) is 13.2 Å². The van der Waals surface area contributed by atoms with Crippen molar-refractivity contribution >= 4 is 21.5 Å². The molecule has 2 N–H and O–H groups in total. The smallest absolute Gasteiger partial charge is 0.135 e. The van der Waals surface area contributed by atoms with Gasteiger partial charge in [0.1, 0.15) is 12.5 Å². The number of fused-ring (bicyclic) bond motifs is 2. The Morgan fingerprint density at radius 2 is 1.25 bits per heavy atom. The van der Waals surface area contributed by atoms with Crippen LogP contribution in [0.15, 0.2) is 48.5 Å². The van der Waals surface area contributed by atoms with Crippen molar-refractivity contribution in [3.63, 3.8) is 0 Å². The SMILES string of the molecule is c1cc(C2NCCO2)c2cc3c(C4NCCO4)cccc3cc2c1. The van der Waals surface area contributed by atoms with E-state index in [2.05, 4.69) is 59.2 Å². The van der Waals surface area contributed by atoms with E-state index in [9.17, 15) is 0 Å². The minimum atomic E-state index is -0.0147. The average molecular weight is 320 g/mol. The van der Waals surface area contributed by atoms with Crippen molar-refractivity contribution in [1.82, 2.24) is 10.6 Å².